The molecule has 0 aromatic heterocycles. The van der Waals surface area contributed by atoms with Crippen molar-refractivity contribution < 1.29 is 13.2 Å². The van der Waals surface area contributed by atoms with Crippen molar-refractivity contribution in [1.82, 2.24) is 4.31 Å². The van der Waals surface area contributed by atoms with Gasteiger partial charge in [-0.1, -0.05) is 35.9 Å². The summed E-state index contributed by atoms with van der Waals surface area (Å²) < 4.78 is 32.1. The quantitative estimate of drug-likeness (QED) is 0.798. The number of rotatable bonds is 6. The van der Waals surface area contributed by atoms with Gasteiger partial charge in [-0.2, -0.15) is 0 Å². The van der Waals surface area contributed by atoms with Gasteiger partial charge in [-0.25, -0.2) is 12.7 Å². The summed E-state index contributed by atoms with van der Waals surface area (Å²) in [5.41, 5.74) is 1.65. The zero-order valence-corrected chi connectivity index (χ0v) is 15.0. The lowest BCUT2D eigenvalue weighted by molar-refractivity contribution is 0.406. The van der Waals surface area contributed by atoms with Crippen molar-refractivity contribution in [3.63, 3.8) is 0 Å². The van der Waals surface area contributed by atoms with Crippen LogP contribution in [0.3, 0.4) is 0 Å². The Labute approximate surface area is 142 Å². The number of aryl methyl sites for hydroxylation is 1. The molecule has 4 nitrogen and oxygen atoms in total. The topological polar surface area (TPSA) is 46.6 Å². The summed E-state index contributed by atoms with van der Waals surface area (Å²) >= 11 is 5.94. The molecule has 0 N–H and O–H groups in total. The Morgan fingerprint density at radius 1 is 1.17 bits per heavy atom. The van der Waals surface area contributed by atoms with Crippen molar-refractivity contribution in [2.75, 3.05) is 20.7 Å². The summed E-state index contributed by atoms with van der Waals surface area (Å²) in [4.78, 5) is 0.243. The molecule has 0 saturated heterocycles. The summed E-state index contributed by atoms with van der Waals surface area (Å²) in [6, 6.07) is 12.5. The first-order chi connectivity index (χ1) is 10.9. The second kappa shape index (κ2) is 7.34. The van der Waals surface area contributed by atoms with Crippen LogP contribution in [0.15, 0.2) is 47.4 Å². The van der Waals surface area contributed by atoms with Gasteiger partial charge in [-0.3, -0.25) is 0 Å². The predicted molar refractivity (Wildman–Crippen MR) is 92.7 cm³/mol. The van der Waals surface area contributed by atoms with Crippen molar-refractivity contribution in [3.05, 3.63) is 58.6 Å². The number of hydrogen-bond donors (Lipinski definition) is 0. The Bertz CT molecular complexity index is 790. The fourth-order valence-electron chi connectivity index (χ4n) is 2.33. The van der Waals surface area contributed by atoms with Gasteiger partial charge in [-0.15, -0.1) is 0 Å². The molecule has 0 saturated carbocycles. The maximum absolute atomic E-state index is 12.7. The van der Waals surface area contributed by atoms with E-state index in [1.54, 1.807) is 33.2 Å². The number of ether oxygens (including phenoxy) is 1. The standard InChI is InChI=1S/C17H20ClNO3S/c1-13-8-9-15(18)12-17(13)23(20,21)19(2)11-10-14-6-4-5-7-16(14)22-3/h4-9,12H,10-11H2,1-3H3. The van der Waals surface area contributed by atoms with Crippen molar-refractivity contribution in [3.8, 4) is 5.75 Å². The van der Waals surface area contributed by atoms with Gasteiger partial charge in [-0.05, 0) is 42.7 Å². The van der Waals surface area contributed by atoms with E-state index in [1.165, 1.54) is 10.4 Å². The summed E-state index contributed by atoms with van der Waals surface area (Å²) in [5, 5.41) is 0.410. The third-order valence-electron chi connectivity index (χ3n) is 3.73. The van der Waals surface area contributed by atoms with E-state index in [4.69, 9.17) is 16.3 Å². The number of methoxy groups -OCH3 is 1. The number of para-hydroxylation sites is 1. The third kappa shape index (κ3) is 4.05. The van der Waals surface area contributed by atoms with E-state index in [9.17, 15) is 8.42 Å². The molecule has 2 aromatic rings. The van der Waals surface area contributed by atoms with Crippen molar-refractivity contribution >= 4 is 21.6 Å². The molecule has 2 aromatic carbocycles. The summed E-state index contributed by atoms with van der Waals surface area (Å²) in [5.74, 6) is 0.761. The van der Waals surface area contributed by atoms with Gasteiger partial charge in [0.05, 0.1) is 12.0 Å². The first-order valence-corrected chi connectivity index (χ1v) is 9.02. The number of sulfonamides is 1. The average molecular weight is 354 g/mol. The van der Waals surface area contributed by atoms with Crippen molar-refractivity contribution in [2.45, 2.75) is 18.2 Å². The fraction of sp³-hybridized carbons (Fsp3) is 0.294. The van der Waals surface area contributed by atoms with E-state index in [1.807, 2.05) is 24.3 Å². The molecule has 0 amide bonds. The van der Waals surface area contributed by atoms with Gasteiger partial charge < -0.3 is 4.74 Å². The highest BCUT2D eigenvalue weighted by Gasteiger charge is 2.23. The molecule has 124 valence electrons. The number of likely N-dealkylation sites (N-methyl/N-ethyl adjacent to an activating group) is 1. The largest absolute Gasteiger partial charge is 0.496 e. The zero-order valence-electron chi connectivity index (χ0n) is 13.4. The maximum Gasteiger partial charge on any atom is 0.243 e. The Balaban J connectivity index is 2.19. The fourth-order valence-corrected chi connectivity index (χ4v) is 3.98. The molecule has 0 aliphatic heterocycles. The second-order valence-corrected chi connectivity index (χ2v) is 7.75. The van der Waals surface area contributed by atoms with E-state index in [0.29, 0.717) is 23.6 Å². The molecule has 23 heavy (non-hydrogen) atoms. The van der Waals surface area contributed by atoms with Crippen molar-refractivity contribution in [1.29, 1.82) is 0 Å². The van der Waals surface area contributed by atoms with E-state index in [2.05, 4.69) is 0 Å². The lowest BCUT2D eigenvalue weighted by Gasteiger charge is -2.19. The van der Waals surface area contributed by atoms with E-state index in [0.717, 1.165) is 11.3 Å². The van der Waals surface area contributed by atoms with Crippen LogP contribution in [0, 0.1) is 6.92 Å². The van der Waals surface area contributed by atoms with Gasteiger partial charge in [0, 0.05) is 18.6 Å². The molecule has 0 heterocycles. The molecule has 6 heteroatoms. The number of halogens is 1. The molecular formula is C17H20ClNO3S. The number of hydrogen-bond acceptors (Lipinski definition) is 3. The maximum atomic E-state index is 12.7. The summed E-state index contributed by atoms with van der Waals surface area (Å²) in [6.07, 6.45) is 0.569. The Morgan fingerprint density at radius 3 is 2.57 bits per heavy atom. The molecule has 0 aliphatic rings. The van der Waals surface area contributed by atoms with Crippen LogP contribution in [0.5, 0.6) is 5.75 Å². The van der Waals surface area contributed by atoms with Crippen molar-refractivity contribution in [2.24, 2.45) is 0 Å². The Hall–Kier alpha value is -1.56. The van der Waals surface area contributed by atoms with Gasteiger partial charge in [0.25, 0.3) is 0 Å². The molecule has 2 rings (SSSR count). The van der Waals surface area contributed by atoms with E-state index < -0.39 is 10.0 Å². The minimum absolute atomic E-state index is 0.243. The summed E-state index contributed by atoms with van der Waals surface area (Å²) in [7, 11) is -0.394. The highest BCUT2D eigenvalue weighted by Crippen LogP contribution is 2.24. The number of nitrogens with zero attached hydrogens (tertiary/aromatic N) is 1. The van der Waals surface area contributed by atoms with Crippen LogP contribution in [0.4, 0.5) is 0 Å². The van der Waals surface area contributed by atoms with Gasteiger partial charge in [0.1, 0.15) is 5.75 Å². The Kier molecular flexibility index (Phi) is 5.68. The average Bonchev–Trinajstić information content (AvgIpc) is 2.54. The van der Waals surface area contributed by atoms with E-state index >= 15 is 0 Å². The van der Waals surface area contributed by atoms with Crippen LogP contribution in [-0.4, -0.2) is 33.4 Å². The normalized spacial score (nSPS) is 11.7. The molecule has 0 fully saturated rings. The van der Waals surface area contributed by atoms with Crippen LogP contribution < -0.4 is 4.74 Å². The SMILES string of the molecule is COc1ccccc1CCN(C)S(=O)(=O)c1cc(Cl)ccc1C. The molecule has 0 aliphatic carbocycles. The van der Waals surface area contributed by atoms with Gasteiger partial charge in [0.2, 0.25) is 10.0 Å². The monoisotopic (exact) mass is 353 g/mol. The smallest absolute Gasteiger partial charge is 0.243 e. The van der Waals surface area contributed by atoms with Crippen LogP contribution in [-0.2, 0) is 16.4 Å². The zero-order chi connectivity index (χ0) is 17.0. The molecule has 0 spiro atoms. The summed E-state index contributed by atoms with van der Waals surface area (Å²) in [6.45, 7) is 2.12. The van der Waals surface area contributed by atoms with Gasteiger partial charge >= 0.3 is 0 Å². The van der Waals surface area contributed by atoms with Crippen LogP contribution in [0.25, 0.3) is 0 Å². The molecular weight excluding hydrogens is 334 g/mol. The highest BCUT2D eigenvalue weighted by molar-refractivity contribution is 7.89. The van der Waals surface area contributed by atoms with Crippen LogP contribution >= 0.6 is 11.6 Å². The number of benzene rings is 2. The van der Waals surface area contributed by atoms with Crippen LogP contribution in [0.1, 0.15) is 11.1 Å². The Morgan fingerprint density at radius 2 is 1.87 bits per heavy atom. The van der Waals surface area contributed by atoms with Gasteiger partial charge in [0.15, 0.2) is 0 Å². The van der Waals surface area contributed by atoms with E-state index in [-0.39, 0.29) is 4.90 Å². The minimum atomic E-state index is -3.57. The first kappa shape index (κ1) is 17.8. The molecule has 0 atom stereocenters. The second-order valence-electron chi connectivity index (χ2n) is 5.30. The van der Waals surface area contributed by atoms with Crippen LogP contribution in [0.2, 0.25) is 5.02 Å². The highest BCUT2D eigenvalue weighted by atomic mass is 35.5. The lowest BCUT2D eigenvalue weighted by atomic mass is 10.1. The minimum Gasteiger partial charge on any atom is -0.496 e. The first-order valence-electron chi connectivity index (χ1n) is 7.20. The molecule has 0 bridgehead atoms. The molecule has 0 unspecified atom stereocenters. The lowest BCUT2D eigenvalue weighted by Crippen LogP contribution is -2.29. The molecule has 0 radical (unpaired) electrons. The third-order valence-corrected chi connectivity index (χ3v) is 5.96. The predicted octanol–water partition coefficient (Wildman–Crippen LogP) is 3.52.